The molecule has 31 heavy (non-hydrogen) atoms. The lowest BCUT2D eigenvalue weighted by atomic mass is 10.0. The highest BCUT2D eigenvalue weighted by molar-refractivity contribution is 6.04. The quantitative estimate of drug-likeness (QED) is 0.766. The second-order valence-corrected chi connectivity index (χ2v) is 9.31. The van der Waals surface area contributed by atoms with E-state index in [4.69, 9.17) is 4.74 Å². The first-order valence-electron chi connectivity index (χ1n) is 11.1. The van der Waals surface area contributed by atoms with Gasteiger partial charge in [0, 0.05) is 5.69 Å². The molecule has 2 amide bonds. The molecule has 0 spiro atoms. The van der Waals surface area contributed by atoms with Gasteiger partial charge in [0.1, 0.15) is 5.60 Å². The zero-order valence-corrected chi connectivity index (χ0v) is 18.6. The number of hydrogen-bond donors (Lipinski definition) is 1. The maximum Gasteiger partial charge on any atom is 0.412 e. The molecule has 0 saturated carbocycles. The molecule has 1 saturated heterocycles. The Hall–Kier alpha value is -2.86. The lowest BCUT2D eigenvalue weighted by molar-refractivity contribution is -0.118. The van der Waals surface area contributed by atoms with Gasteiger partial charge >= 0.3 is 6.09 Å². The van der Waals surface area contributed by atoms with Gasteiger partial charge in [0.05, 0.1) is 17.9 Å². The molecule has 1 N–H and O–H groups in total. The fourth-order valence-electron chi connectivity index (χ4n) is 4.29. The molecule has 1 fully saturated rings. The van der Waals surface area contributed by atoms with Crippen molar-refractivity contribution in [1.29, 1.82) is 0 Å². The first kappa shape index (κ1) is 21.4. The van der Waals surface area contributed by atoms with E-state index in [-0.39, 0.29) is 5.91 Å². The molecule has 6 heteroatoms. The summed E-state index contributed by atoms with van der Waals surface area (Å²) in [4.78, 5) is 29.9. The molecule has 2 aliphatic heterocycles. The van der Waals surface area contributed by atoms with Crippen molar-refractivity contribution >= 4 is 29.1 Å². The summed E-state index contributed by atoms with van der Waals surface area (Å²) in [6.45, 7) is 7.83. The number of carbonyl (C=O) groups excluding carboxylic acids is 2. The number of nitrogens with one attached hydrogen (secondary N) is 1. The summed E-state index contributed by atoms with van der Waals surface area (Å²) < 4.78 is 5.39. The Bertz CT molecular complexity index is 974. The average molecular weight is 422 g/mol. The van der Waals surface area contributed by atoms with Crippen LogP contribution in [0, 0.1) is 0 Å². The van der Waals surface area contributed by atoms with Crippen LogP contribution < -0.4 is 10.2 Å². The van der Waals surface area contributed by atoms with E-state index in [1.54, 1.807) is 0 Å². The number of amides is 2. The van der Waals surface area contributed by atoms with Gasteiger partial charge in [-0.25, -0.2) is 4.79 Å². The number of likely N-dealkylation sites (tertiary alicyclic amines) is 1. The van der Waals surface area contributed by atoms with E-state index < -0.39 is 11.7 Å². The summed E-state index contributed by atoms with van der Waals surface area (Å²) in [5.41, 5.74) is 4.07. The molecule has 2 heterocycles. The summed E-state index contributed by atoms with van der Waals surface area (Å²) >= 11 is 0. The van der Waals surface area contributed by atoms with Gasteiger partial charge in [-0.05, 0) is 88.9 Å². The highest BCUT2D eigenvalue weighted by atomic mass is 16.6. The van der Waals surface area contributed by atoms with Crippen LogP contribution in [0.2, 0.25) is 0 Å². The average Bonchev–Trinajstić information content (AvgIpc) is 3.14. The van der Waals surface area contributed by atoms with Crippen molar-refractivity contribution in [3.63, 3.8) is 0 Å². The van der Waals surface area contributed by atoms with Gasteiger partial charge in [0.25, 0.3) is 0 Å². The van der Waals surface area contributed by atoms with Crippen molar-refractivity contribution in [2.24, 2.45) is 0 Å². The van der Waals surface area contributed by atoms with Gasteiger partial charge in [0.15, 0.2) is 0 Å². The number of nitrogens with zero attached hydrogens (tertiary/aromatic N) is 2. The number of ether oxygens (including phenoxy) is 1. The largest absolute Gasteiger partial charge is 0.444 e. The van der Waals surface area contributed by atoms with Gasteiger partial charge in [-0.15, -0.1) is 0 Å². The molecule has 2 aromatic carbocycles. The van der Waals surface area contributed by atoms with Crippen molar-refractivity contribution in [3.8, 4) is 0 Å². The summed E-state index contributed by atoms with van der Waals surface area (Å²) in [5, 5.41) is 2.82. The van der Waals surface area contributed by atoms with Crippen molar-refractivity contribution in [2.75, 3.05) is 29.9 Å². The zero-order chi connectivity index (χ0) is 22.0. The maximum atomic E-state index is 13.5. The third-order valence-corrected chi connectivity index (χ3v) is 5.67. The molecular formula is C25H31N3O3. The van der Waals surface area contributed by atoms with E-state index >= 15 is 0 Å². The molecule has 0 unspecified atom stereocenters. The maximum absolute atomic E-state index is 13.5. The van der Waals surface area contributed by atoms with Crippen LogP contribution in [0.15, 0.2) is 42.5 Å². The Morgan fingerprint density at radius 1 is 0.968 bits per heavy atom. The van der Waals surface area contributed by atoms with Crippen LogP contribution in [0.4, 0.5) is 21.9 Å². The van der Waals surface area contributed by atoms with Gasteiger partial charge in [-0.2, -0.15) is 0 Å². The molecule has 0 aromatic heterocycles. The number of benzene rings is 2. The van der Waals surface area contributed by atoms with Gasteiger partial charge in [0.2, 0.25) is 5.91 Å². The van der Waals surface area contributed by atoms with Crippen molar-refractivity contribution in [1.82, 2.24) is 4.90 Å². The molecule has 6 nitrogen and oxygen atoms in total. The molecule has 4 rings (SSSR count). The Balaban J connectivity index is 1.68. The van der Waals surface area contributed by atoms with Crippen molar-refractivity contribution in [2.45, 2.75) is 52.1 Å². The summed E-state index contributed by atoms with van der Waals surface area (Å²) in [6, 6.07) is 13.9. The Morgan fingerprint density at radius 3 is 2.35 bits per heavy atom. The molecule has 0 bridgehead atoms. The Labute approximate surface area is 184 Å². The van der Waals surface area contributed by atoms with Crippen LogP contribution in [-0.4, -0.2) is 42.1 Å². The number of anilines is 3. The van der Waals surface area contributed by atoms with E-state index in [0.29, 0.717) is 12.2 Å². The molecule has 0 aliphatic carbocycles. The topological polar surface area (TPSA) is 61.9 Å². The first-order valence-corrected chi connectivity index (χ1v) is 11.1. The number of fused-ring (bicyclic) bond motifs is 2. The number of carbonyl (C=O) groups is 2. The van der Waals surface area contributed by atoms with Crippen LogP contribution in [-0.2, 0) is 22.4 Å². The Kier molecular flexibility index (Phi) is 6.01. The van der Waals surface area contributed by atoms with Gasteiger partial charge in [-0.3, -0.25) is 19.9 Å². The predicted octanol–water partition coefficient (Wildman–Crippen LogP) is 4.89. The SMILES string of the molecule is CC(C)(C)OC(=O)Nc1ccc2c(c1)N(C(=O)CN1CCCC1)c1ccccc1CC2. The zero-order valence-electron chi connectivity index (χ0n) is 18.6. The normalized spacial score (nSPS) is 16.3. The lowest BCUT2D eigenvalue weighted by Crippen LogP contribution is -2.37. The smallest absolute Gasteiger partial charge is 0.412 e. The minimum Gasteiger partial charge on any atom is -0.444 e. The van der Waals surface area contributed by atoms with Crippen LogP contribution in [0.5, 0.6) is 0 Å². The summed E-state index contributed by atoms with van der Waals surface area (Å²) in [7, 11) is 0. The monoisotopic (exact) mass is 421 g/mol. The number of hydrogen-bond acceptors (Lipinski definition) is 4. The van der Waals surface area contributed by atoms with E-state index in [9.17, 15) is 9.59 Å². The summed E-state index contributed by atoms with van der Waals surface area (Å²) in [6.07, 6.45) is 3.49. The van der Waals surface area contributed by atoms with E-state index in [0.717, 1.165) is 61.3 Å². The minimum absolute atomic E-state index is 0.0620. The molecule has 0 radical (unpaired) electrons. The van der Waals surface area contributed by atoms with Gasteiger partial charge in [-0.1, -0.05) is 24.3 Å². The third kappa shape index (κ3) is 5.07. The number of para-hydroxylation sites is 1. The predicted molar refractivity (Wildman–Crippen MR) is 123 cm³/mol. The highest BCUT2D eigenvalue weighted by Crippen LogP contribution is 2.38. The first-order chi connectivity index (χ1) is 14.8. The molecule has 2 aliphatic rings. The van der Waals surface area contributed by atoms with E-state index in [1.807, 2.05) is 62.1 Å². The van der Waals surface area contributed by atoms with Crippen molar-refractivity contribution < 1.29 is 14.3 Å². The molecule has 0 atom stereocenters. The second kappa shape index (κ2) is 8.71. The molecule has 2 aromatic rings. The van der Waals surface area contributed by atoms with E-state index in [1.165, 1.54) is 0 Å². The lowest BCUT2D eigenvalue weighted by Gasteiger charge is -2.27. The van der Waals surface area contributed by atoms with Gasteiger partial charge < -0.3 is 4.74 Å². The standard InChI is InChI=1S/C25H31N3O3/c1-25(2,3)31-24(30)26-20-13-12-19-11-10-18-8-4-5-9-21(18)28(22(19)16-20)23(29)17-27-14-6-7-15-27/h4-5,8-9,12-13,16H,6-7,10-11,14-15,17H2,1-3H3,(H,26,30). The van der Waals surface area contributed by atoms with Crippen LogP contribution in [0.3, 0.4) is 0 Å². The van der Waals surface area contributed by atoms with Crippen LogP contribution >= 0.6 is 0 Å². The second-order valence-electron chi connectivity index (χ2n) is 9.31. The minimum atomic E-state index is -0.577. The van der Waals surface area contributed by atoms with Crippen LogP contribution in [0.25, 0.3) is 0 Å². The van der Waals surface area contributed by atoms with E-state index in [2.05, 4.69) is 16.3 Å². The summed E-state index contributed by atoms with van der Waals surface area (Å²) in [5.74, 6) is 0.0620. The third-order valence-electron chi connectivity index (χ3n) is 5.67. The number of rotatable bonds is 3. The fraction of sp³-hybridized carbons (Fsp3) is 0.440. The fourth-order valence-corrected chi connectivity index (χ4v) is 4.29. The van der Waals surface area contributed by atoms with Crippen LogP contribution in [0.1, 0.15) is 44.7 Å². The highest BCUT2D eigenvalue weighted by Gasteiger charge is 2.28. The molecular weight excluding hydrogens is 390 g/mol. The van der Waals surface area contributed by atoms with Crippen molar-refractivity contribution in [3.05, 3.63) is 53.6 Å². The molecule has 164 valence electrons. The Morgan fingerprint density at radius 2 is 1.65 bits per heavy atom. The number of aryl methyl sites for hydroxylation is 2.